The van der Waals surface area contributed by atoms with E-state index in [0.717, 1.165) is 0 Å². The van der Waals surface area contributed by atoms with Crippen LogP contribution >= 0.6 is 23.2 Å². The molecule has 0 aliphatic rings. The first-order valence-electron chi connectivity index (χ1n) is 11.1. The molecule has 0 saturated heterocycles. The number of ether oxygens (including phenoxy) is 1. The minimum atomic E-state index is -4.73. The number of carbonyl (C=O) groups excluding carboxylic acids is 1. The minimum absolute atomic E-state index is 0. The Morgan fingerprint density at radius 2 is 1.72 bits per heavy atom. The van der Waals surface area contributed by atoms with Crippen LogP contribution in [0.4, 0.5) is 17.1 Å². The number of halogens is 2. The van der Waals surface area contributed by atoms with Gasteiger partial charge >= 0.3 is 29.6 Å². The molecule has 4 aromatic carbocycles. The molecule has 0 atom stereocenters. The predicted molar refractivity (Wildman–Crippen MR) is 144 cm³/mol. The number of hydrogen-bond acceptors (Lipinski definition) is 7. The number of nitrogens with one attached hydrogen (secondary N) is 1. The van der Waals surface area contributed by atoms with Gasteiger partial charge in [0.15, 0.2) is 0 Å². The maximum Gasteiger partial charge on any atom is 1.00 e. The quantitative estimate of drug-likeness (QED) is 0.189. The molecule has 4 rings (SSSR count). The predicted octanol–water partition coefficient (Wildman–Crippen LogP) is 3.71. The van der Waals surface area contributed by atoms with Gasteiger partial charge in [-0.1, -0.05) is 72.3 Å². The van der Waals surface area contributed by atoms with E-state index in [1.807, 2.05) is 0 Å². The Hall–Kier alpha value is -2.70. The molecule has 0 heterocycles. The molecular formula is C26H20Cl2N3NaO6S. The van der Waals surface area contributed by atoms with Crippen molar-refractivity contribution in [2.45, 2.75) is 18.2 Å². The zero-order valence-electron chi connectivity index (χ0n) is 21.0. The number of azo groups is 1. The number of carbonyl (C=O) groups is 1. The molecule has 4 aromatic rings. The normalized spacial score (nSPS) is 11.4. The van der Waals surface area contributed by atoms with Crippen molar-refractivity contribution < 1.29 is 57.2 Å². The Morgan fingerprint density at radius 1 is 1.03 bits per heavy atom. The van der Waals surface area contributed by atoms with E-state index in [1.54, 1.807) is 49.4 Å². The van der Waals surface area contributed by atoms with Crippen LogP contribution in [0, 0.1) is 0 Å². The second kappa shape index (κ2) is 12.6. The zero-order chi connectivity index (χ0) is 27.6. The first-order valence-corrected chi connectivity index (χ1v) is 13.3. The van der Waals surface area contributed by atoms with Gasteiger partial charge in [0.1, 0.15) is 22.0 Å². The average molecular weight is 596 g/mol. The smallest absolute Gasteiger partial charge is 0.870 e. The Labute approximate surface area is 256 Å². The van der Waals surface area contributed by atoms with Crippen molar-refractivity contribution in [3.05, 3.63) is 81.8 Å². The number of fused-ring (bicyclic) bond motifs is 1. The van der Waals surface area contributed by atoms with E-state index >= 15 is 0 Å². The summed E-state index contributed by atoms with van der Waals surface area (Å²) in [5.74, 6) is -1.25. The third kappa shape index (κ3) is 6.38. The molecule has 0 unspecified atom stereocenters. The van der Waals surface area contributed by atoms with E-state index < -0.39 is 26.7 Å². The Morgan fingerprint density at radius 3 is 2.38 bits per heavy atom. The Kier molecular flexibility index (Phi) is 10.0. The van der Waals surface area contributed by atoms with Crippen LogP contribution in [0.5, 0.6) is 11.5 Å². The molecule has 13 heteroatoms. The topological polar surface area (TPSA) is 140 Å². The number of aryl methyl sites for hydroxylation is 1. The second-order valence-electron chi connectivity index (χ2n) is 8.01. The van der Waals surface area contributed by atoms with Gasteiger partial charge in [-0.3, -0.25) is 9.35 Å². The molecule has 1 amide bonds. The Balaban J connectivity index is 0.00000420. The summed E-state index contributed by atoms with van der Waals surface area (Å²) in [6, 6.07) is 15.7. The van der Waals surface area contributed by atoms with Crippen LogP contribution in [0.3, 0.4) is 0 Å². The number of rotatable bonds is 7. The van der Waals surface area contributed by atoms with E-state index in [2.05, 4.69) is 15.5 Å². The first kappa shape index (κ1) is 30.8. The summed E-state index contributed by atoms with van der Waals surface area (Å²) in [7, 11) is -3.32. The van der Waals surface area contributed by atoms with Gasteiger partial charge < -0.3 is 15.2 Å². The molecule has 9 nitrogen and oxygen atoms in total. The molecular weight excluding hydrogens is 576 g/mol. The van der Waals surface area contributed by atoms with Gasteiger partial charge in [0.2, 0.25) is 0 Å². The van der Waals surface area contributed by atoms with Gasteiger partial charge in [-0.2, -0.15) is 13.5 Å². The molecule has 0 aliphatic heterocycles. The van der Waals surface area contributed by atoms with Gasteiger partial charge in [-0.15, -0.1) is 5.11 Å². The summed E-state index contributed by atoms with van der Waals surface area (Å²) >= 11 is 12.4. The molecule has 0 saturated carbocycles. The molecule has 2 N–H and O–H groups in total. The van der Waals surface area contributed by atoms with Gasteiger partial charge in [-0.25, -0.2) is 0 Å². The molecule has 0 radical (unpaired) electrons. The summed E-state index contributed by atoms with van der Waals surface area (Å²) < 4.78 is 39.3. The van der Waals surface area contributed by atoms with Crippen molar-refractivity contribution in [2.75, 3.05) is 12.4 Å². The van der Waals surface area contributed by atoms with Crippen LogP contribution in [0.1, 0.15) is 22.8 Å². The third-order valence-electron chi connectivity index (χ3n) is 5.71. The molecule has 0 aliphatic carbocycles. The van der Waals surface area contributed by atoms with Crippen LogP contribution in [0.15, 0.2) is 75.8 Å². The van der Waals surface area contributed by atoms with E-state index in [1.165, 1.54) is 25.3 Å². The number of benzene rings is 4. The third-order valence-corrected chi connectivity index (χ3v) is 7.30. The fraction of sp³-hybridized carbons (Fsp3) is 0.115. The van der Waals surface area contributed by atoms with Crippen molar-refractivity contribution in [2.24, 2.45) is 10.2 Å². The summed E-state index contributed by atoms with van der Waals surface area (Å²) in [6.45, 7) is 1.69. The van der Waals surface area contributed by atoms with Gasteiger partial charge in [0.05, 0.1) is 22.8 Å². The summed E-state index contributed by atoms with van der Waals surface area (Å²) in [5.41, 5.74) is -0.368. The maximum absolute atomic E-state index is 13.5. The number of anilines is 1. The summed E-state index contributed by atoms with van der Waals surface area (Å²) in [4.78, 5) is 12.7. The van der Waals surface area contributed by atoms with Crippen molar-refractivity contribution in [3.63, 3.8) is 0 Å². The fourth-order valence-electron chi connectivity index (χ4n) is 3.90. The van der Waals surface area contributed by atoms with Crippen LogP contribution in [-0.4, -0.2) is 26.0 Å². The molecule has 0 bridgehead atoms. The second-order valence-corrected chi connectivity index (χ2v) is 10.2. The number of para-hydroxylation sites is 1. The van der Waals surface area contributed by atoms with Crippen LogP contribution in [0.25, 0.3) is 10.8 Å². The SMILES string of the molecule is CCc1ccc(Cl)c(N=Nc2c([O-])c(C(=O)Nc3c(Cl)cccc3OC)cc3ccccc23)c1S(=O)(=O)O.[Na+]. The number of methoxy groups -OCH3 is 1. The van der Waals surface area contributed by atoms with Crippen molar-refractivity contribution in [1.82, 2.24) is 0 Å². The standard InChI is InChI=1S/C26H21Cl2N3O6S.Na/c1-3-14-11-12-19(28)23(25(14)38(34,35)36)31-30-21-16-8-5-4-7-15(16)13-17(24(21)32)26(33)29-22-18(27)9-6-10-20(22)37-2;/h4-13,32H,3H2,1-2H3,(H,29,33)(H,34,35,36);/q;+1/p-1. The maximum atomic E-state index is 13.5. The van der Waals surface area contributed by atoms with Gasteiger partial charge in [-0.05, 0) is 41.6 Å². The molecule has 196 valence electrons. The molecule has 0 fully saturated rings. The number of amides is 1. The monoisotopic (exact) mass is 595 g/mol. The molecule has 0 aromatic heterocycles. The van der Waals surface area contributed by atoms with Crippen LogP contribution < -0.4 is 44.7 Å². The van der Waals surface area contributed by atoms with E-state index in [9.17, 15) is 22.9 Å². The van der Waals surface area contributed by atoms with Crippen molar-refractivity contribution in [1.29, 1.82) is 0 Å². The van der Waals surface area contributed by atoms with Crippen molar-refractivity contribution in [3.8, 4) is 11.5 Å². The summed E-state index contributed by atoms with van der Waals surface area (Å²) in [5, 5.41) is 25.1. The fourth-order valence-corrected chi connectivity index (χ4v) is 5.31. The average Bonchev–Trinajstić information content (AvgIpc) is 2.88. The largest absolute Gasteiger partial charge is 1.00 e. The zero-order valence-corrected chi connectivity index (χ0v) is 25.4. The van der Waals surface area contributed by atoms with Gasteiger partial charge in [0, 0.05) is 10.9 Å². The molecule has 0 spiro atoms. The Bertz CT molecular complexity index is 1710. The van der Waals surface area contributed by atoms with E-state index in [-0.39, 0.29) is 74.2 Å². The van der Waals surface area contributed by atoms with E-state index in [0.29, 0.717) is 16.5 Å². The van der Waals surface area contributed by atoms with Crippen LogP contribution in [0.2, 0.25) is 10.0 Å². The van der Waals surface area contributed by atoms with Gasteiger partial charge in [0.25, 0.3) is 16.0 Å². The van der Waals surface area contributed by atoms with E-state index in [4.69, 9.17) is 27.9 Å². The first-order chi connectivity index (χ1) is 18.1. The van der Waals surface area contributed by atoms with Crippen LogP contribution in [-0.2, 0) is 16.5 Å². The minimum Gasteiger partial charge on any atom is -0.870 e. The van der Waals surface area contributed by atoms with Crippen molar-refractivity contribution >= 4 is 67.1 Å². The summed E-state index contributed by atoms with van der Waals surface area (Å²) in [6.07, 6.45) is 0.256. The number of hydrogen-bond donors (Lipinski definition) is 2. The number of nitrogens with zero attached hydrogens (tertiary/aromatic N) is 2. The molecule has 39 heavy (non-hydrogen) atoms.